The Morgan fingerprint density at radius 3 is 1.68 bits per heavy atom. The minimum Gasteiger partial charge on any atom is -0.368 e. The Morgan fingerprint density at radius 1 is 0.895 bits per heavy atom. The first kappa shape index (κ1) is 15.5. The van der Waals surface area contributed by atoms with Crippen LogP contribution in [0.4, 0.5) is 19.1 Å². The van der Waals surface area contributed by atoms with E-state index in [2.05, 4.69) is 15.0 Å². The second-order valence-corrected chi connectivity index (χ2v) is 3.77. The van der Waals surface area contributed by atoms with E-state index in [-0.39, 0.29) is 16.5 Å². The average molecular weight is 311 g/mol. The van der Waals surface area contributed by atoms with Gasteiger partial charge >= 0.3 is 6.18 Å². The fourth-order valence-electron chi connectivity index (χ4n) is 0.967. The molecule has 0 radical (unpaired) electrons. The molecule has 1 aromatic heterocycles. The molecule has 0 saturated heterocycles. The quantitative estimate of drug-likeness (QED) is 0.809. The summed E-state index contributed by atoms with van der Waals surface area (Å²) in [6.45, 7) is 0. The molecule has 0 spiro atoms. The summed E-state index contributed by atoms with van der Waals surface area (Å²) < 4.78 is 35.4. The Kier molecular flexibility index (Phi) is 5.31. The fraction of sp³-hybridized carbons (Fsp3) is 0.100. The standard InChI is InChI=1S/C7H5F3.C3H2Cl2N4/c8-7(9,10)6-4-2-1-3-5-6;4-1-7-2(5)9-3(6)8-1/h1-5H;(H2,6,7,8,9). The minimum atomic E-state index is -4.21. The van der Waals surface area contributed by atoms with Gasteiger partial charge in [0.25, 0.3) is 0 Å². The van der Waals surface area contributed by atoms with Gasteiger partial charge in [-0.15, -0.1) is 0 Å². The Morgan fingerprint density at radius 2 is 1.37 bits per heavy atom. The highest BCUT2D eigenvalue weighted by Crippen LogP contribution is 2.28. The molecule has 0 bridgehead atoms. The maximum Gasteiger partial charge on any atom is 0.416 e. The van der Waals surface area contributed by atoms with Crippen LogP contribution < -0.4 is 5.73 Å². The Labute approximate surface area is 116 Å². The zero-order valence-corrected chi connectivity index (χ0v) is 10.7. The number of alkyl halides is 3. The number of benzene rings is 1. The molecule has 102 valence electrons. The Bertz CT molecular complexity index is 484. The molecule has 1 aromatic carbocycles. The van der Waals surface area contributed by atoms with E-state index in [1.807, 2.05) is 0 Å². The average Bonchev–Trinajstić information content (AvgIpc) is 2.28. The van der Waals surface area contributed by atoms with E-state index >= 15 is 0 Å². The molecule has 0 aliphatic heterocycles. The number of hydrogen-bond acceptors (Lipinski definition) is 4. The van der Waals surface area contributed by atoms with E-state index in [1.54, 1.807) is 6.07 Å². The molecule has 0 fully saturated rings. The van der Waals surface area contributed by atoms with Gasteiger partial charge in [-0.1, -0.05) is 30.3 Å². The van der Waals surface area contributed by atoms with Crippen molar-refractivity contribution >= 4 is 29.2 Å². The molecule has 4 nitrogen and oxygen atoms in total. The lowest BCUT2D eigenvalue weighted by molar-refractivity contribution is -0.137. The maximum atomic E-state index is 11.8. The fourth-order valence-corrected chi connectivity index (χ4v) is 1.34. The molecule has 0 aliphatic rings. The third-order valence-corrected chi connectivity index (χ3v) is 2.04. The van der Waals surface area contributed by atoms with Gasteiger partial charge in [0.1, 0.15) is 0 Å². The predicted molar refractivity (Wildman–Crippen MR) is 65.7 cm³/mol. The van der Waals surface area contributed by atoms with E-state index in [9.17, 15) is 13.2 Å². The first-order valence-electron chi connectivity index (χ1n) is 4.74. The smallest absolute Gasteiger partial charge is 0.368 e. The molecule has 9 heteroatoms. The molecular weight excluding hydrogens is 304 g/mol. The van der Waals surface area contributed by atoms with E-state index in [0.717, 1.165) is 12.1 Å². The van der Waals surface area contributed by atoms with Crippen LogP contribution in [0.5, 0.6) is 0 Å². The van der Waals surface area contributed by atoms with Crippen molar-refractivity contribution in [1.82, 2.24) is 15.0 Å². The monoisotopic (exact) mass is 310 g/mol. The number of aromatic nitrogens is 3. The minimum absolute atomic E-state index is 0.00694. The lowest BCUT2D eigenvalue weighted by Gasteiger charge is -2.03. The van der Waals surface area contributed by atoms with Crippen LogP contribution in [0, 0.1) is 0 Å². The molecule has 0 saturated carbocycles. The third kappa shape index (κ3) is 5.71. The van der Waals surface area contributed by atoms with Crippen LogP contribution in [-0.2, 0) is 6.18 Å². The lowest BCUT2D eigenvalue weighted by Crippen LogP contribution is -2.03. The second kappa shape index (κ2) is 6.53. The van der Waals surface area contributed by atoms with Gasteiger partial charge in [0, 0.05) is 0 Å². The van der Waals surface area contributed by atoms with Crippen molar-refractivity contribution in [1.29, 1.82) is 0 Å². The maximum absolute atomic E-state index is 11.8. The normalized spacial score (nSPS) is 10.6. The van der Waals surface area contributed by atoms with Crippen LogP contribution in [0.25, 0.3) is 0 Å². The summed E-state index contributed by atoms with van der Waals surface area (Å²) in [6, 6.07) is 6.36. The second-order valence-electron chi connectivity index (χ2n) is 3.10. The van der Waals surface area contributed by atoms with Gasteiger partial charge in [-0.2, -0.15) is 28.1 Å². The van der Waals surface area contributed by atoms with Crippen LogP contribution in [0.3, 0.4) is 0 Å². The number of nitrogens with zero attached hydrogens (tertiary/aromatic N) is 3. The lowest BCUT2D eigenvalue weighted by atomic mass is 10.2. The van der Waals surface area contributed by atoms with Crippen molar-refractivity contribution in [2.45, 2.75) is 6.18 Å². The predicted octanol–water partition coefficient (Wildman–Crippen LogP) is 3.47. The molecule has 0 amide bonds. The third-order valence-electron chi connectivity index (χ3n) is 1.70. The first-order valence-corrected chi connectivity index (χ1v) is 5.49. The largest absolute Gasteiger partial charge is 0.416 e. The number of hydrogen-bond donors (Lipinski definition) is 1. The topological polar surface area (TPSA) is 64.7 Å². The van der Waals surface area contributed by atoms with Gasteiger partial charge in [-0.3, -0.25) is 0 Å². The molecule has 2 aromatic rings. The first-order chi connectivity index (χ1) is 8.79. The molecule has 0 aliphatic carbocycles. The highest BCUT2D eigenvalue weighted by Gasteiger charge is 2.29. The zero-order valence-electron chi connectivity index (χ0n) is 9.20. The van der Waals surface area contributed by atoms with Gasteiger partial charge in [-0.05, 0) is 23.2 Å². The Hall–Kier alpha value is -1.60. The van der Waals surface area contributed by atoms with E-state index in [0.29, 0.717) is 0 Å². The van der Waals surface area contributed by atoms with E-state index in [4.69, 9.17) is 28.9 Å². The van der Waals surface area contributed by atoms with Crippen molar-refractivity contribution in [2.75, 3.05) is 5.73 Å². The van der Waals surface area contributed by atoms with Gasteiger partial charge in [-0.25, -0.2) is 0 Å². The molecule has 1 heterocycles. The molecular formula is C10H7Cl2F3N4. The van der Waals surface area contributed by atoms with E-state index < -0.39 is 11.7 Å². The van der Waals surface area contributed by atoms with E-state index in [1.165, 1.54) is 12.1 Å². The Balaban J connectivity index is 0.000000191. The molecule has 0 atom stereocenters. The SMILES string of the molecule is FC(F)(F)c1ccccc1.Nc1nc(Cl)nc(Cl)n1. The molecule has 2 N–H and O–H groups in total. The molecule has 0 unspecified atom stereocenters. The van der Waals surface area contributed by atoms with Crippen molar-refractivity contribution in [3.05, 3.63) is 46.5 Å². The highest BCUT2D eigenvalue weighted by molar-refractivity contribution is 6.31. The summed E-state index contributed by atoms with van der Waals surface area (Å²) in [5.41, 5.74) is 4.53. The van der Waals surface area contributed by atoms with Crippen molar-refractivity contribution < 1.29 is 13.2 Å². The zero-order chi connectivity index (χ0) is 14.5. The summed E-state index contributed by atoms with van der Waals surface area (Å²) in [6.07, 6.45) is -4.21. The van der Waals surface area contributed by atoms with Gasteiger partial charge < -0.3 is 5.73 Å². The number of nitrogens with two attached hydrogens (primary N) is 1. The number of anilines is 1. The van der Waals surface area contributed by atoms with Crippen LogP contribution in [-0.4, -0.2) is 15.0 Å². The van der Waals surface area contributed by atoms with Crippen LogP contribution in [0.1, 0.15) is 5.56 Å². The molecule has 2 rings (SSSR count). The summed E-state index contributed by atoms with van der Waals surface area (Å²) in [5, 5.41) is 0.0139. The highest BCUT2D eigenvalue weighted by atomic mass is 35.5. The summed E-state index contributed by atoms with van der Waals surface area (Å²) in [5.74, 6) is 0.0278. The van der Waals surface area contributed by atoms with Gasteiger partial charge in [0.15, 0.2) is 0 Å². The summed E-state index contributed by atoms with van der Waals surface area (Å²) in [7, 11) is 0. The van der Waals surface area contributed by atoms with Crippen molar-refractivity contribution in [3.63, 3.8) is 0 Å². The van der Waals surface area contributed by atoms with Crippen LogP contribution >= 0.6 is 23.2 Å². The number of rotatable bonds is 0. The van der Waals surface area contributed by atoms with Gasteiger partial charge in [0.2, 0.25) is 16.5 Å². The summed E-state index contributed by atoms with van der Waals surface area (Å²) in [4.78, 5) is 10.4. The number of nitrogen functional groups attached to an aromatic ring is 1. The van der Waals surface area contributed by atoms with Crippen molar-refractivity contribution in [3.8, 4) is 0 Å². The van der Waals surface area contributed by atoms with Gasteiger partial charge in [0.05, 0.1) is 5.56 Å². The summed E-state index contributed by atoms with van der Waals surface area (Å²) >= 11 is 10.6. The number of halogens is 5. The molecule has 19 heavy (non-hydrogen) atoms. The van der Waals surface area contributed by atoms with Crippen LogP contribution in [0.2, 0.25) is 10.6 Å². The van der Waals surface area contributed by atoms with Crippen molar-refractivity contribution in [2.24, 2.45) is 0 Å². The van der Waals surface area contributed by atoms with Crippen LogP contribution in [0.15, 0.2) is 30.3 Å².